The minimum Gasteiger partial charge on any atom is -0.388 e. The zero-order chi connectivity index (χ0) is 19.8. The number of carbonyl (C=O) groups is 1. The summed E-state index contributed by atoms with van der Waals surface area (Å²) in [5.74, 6) is -0.119. The van der Waals surface area contributed by atoms with Gasteiger partial charge in [-0.1, -0.05) is 10.4 Å². The Balaban J connectivity index is 1.69. The van der Waals surface area contributed by atoms with Crippen molar-refractivity contribution in [1.29, 1.82) is 0 Å². The van der Waals surface area contributed by atoms with Crippen LogP contribution < -0.4 is 5.32 Å². The molecule has 0 unspecified atom stereocenters. The van der Waals surface area contributed by atoms with Gasteiger partial charge in [0, 0.05) is 20.1 Å². The van der Waals surface area contributed by atoms with Gasteiger partial charge in [-0.3, -0.25) is 4.79 Å². The third-order valence-corrected chi connectivity index (χ3v) is 6.82. The fourth-order valence-electron chi connectivity index (χ4n) is 3.18. The Morgan fingerprint density at radius 1 is 1.37 bits per heavy atom. The normalized spacial score (nSPS) is 17.8. The fourth-order valence-corrected chi connectivity index (χ4v) is 4.91. The van der Waals surface area contributed by atoms with Crippen molar-refractivity contribution in [3.63, 3.8) is 0 Å². The van der Waals surface area contributed by atoms with Gasteiger partial charge in [0.05, 0.1) is 18.3 Å². The summed E-state index contributed by atoms with van der Waals surface area (Å²) in [5.41, 5.74) is -0.671. The second-order valence-corrected chi connectivity index (χ2v) is 8.54. The molecule has 0 bridgehead atoms. The summed E-state index contributed by atoms with van der Waals surface area (Å²) >= 11 is 0. The van der Waals surface area contributed by atoms with Crippen molar-refractivity contribution in [2.24, 2.45) is 0 Å². The number of nitrogens with zero attached hydrogens (tertiary/aromatic N) is 5. The van der Waals surface area contributed by atoms with Gasteiger partial charge in [-0.15, -0.1) is 5.10 Å². The summed E-state index contributed by atoms with van der Waals surface area (Å²) < 4.78 is 33.4. The van der Waals surface area contributed by atoms with Crippen LogP contribution in [0.5, 0.6) is 0 Å². The molecule has 0 aromatic carbocycles. The molecular weight excluding hydrogens is 376 g/mol. The summed E-state index contributed by atoms with van der Waals surface area (Å²) in [6.07, 6.45) is 1.90. The molecule has 0 aliphatic carbocycles. The highest BCUT2D eigenvalue weighted by Gasteiger charge is 2.39. The lowest BCUT2D eigenvalue weighted by Gasteiger charge is -2.37. The standard InChI is InChI=1S/C15H22N6O5S/c1-10-13(11(2)26-18-10)27(24,25)21-6-4-15(23,5-7-21)9-20-8-12(17-19-20)14(22)16-3/h8,23H,4-7,9H2,1-3H3,(H,16,22). The highest BCUT2D eigenvalue weighted by molar-refractivity contribution is 7.89. The molecular formula is C15H22N6O5S. The van der Waals surface area contributed by atoms with Crippen LogP contribution in [0.1, 0.15) is 34.8 Å². The molecule has 3 rings (SSSR count). The number of aromatic nitrogens is 4. The van der Waals surface area contributed by atoms with E-state index in [0.29, 0.717) is 5.69 Å². The number of piperidine rings is 1. The number of carbonyl (C=O) groups excluding carboxylic acids is 1. The van der Waals surface area contributed by atoms with Crippen molar-refractivity contribution in [2.45, 2.75) is 43.7 Å². The zero-order valence-corrected chi connectivity index (χ0v) is 16.2. The molecule has 3 heterocycles. The topological polar surface area (TPSA) is 143 Å². The average molecular weight is 398 g/mol. The third-order valence-electron chi connectivity index (χ3n) is 4.67. The molecule has 0 atom stereocenters. The summed E-state index contributed by atoms with van der Waals surface area (Å²) in [7, 11) is -2.25. The molecule has 1 aliphatic rings. The molecule has 0 spiro atoms. The van der Waals surface area contributed by atoms with E-state index in [-0.39, 0.29) is 54.7 Å². The van der Waals surface area contributed by atoms with E-state index in [9.17, 15) is 18.3 Å². The van der Waals surface area contributed by atoms with Crippen LogP contribution in [0.2, 0.25) is 0 Å². The van der Waals surface area contributed by atoms with Gasteiger partial charge in [0.15, 0.2) is 11.5 Å². The summed E-state index contributed by atoms with van der Waals surface area (Å²) in [6, 6.07) is 0. The molecule has 2 aromatic heterocycles. The Bertz CT molecular complexity index is 922. The number of sulfonamides is 1. The van der Waals surface area contributed by atoms with Gasteiger partial charge in [0.1, 0.15) is 10.6 Å². The van der Waals surface area contributed by atoms with Crippen LogP contribution >= 0.6 is 0 Å². The van der Waals surface area contributed by atoms with Gasteiger partial charge >= 0.3 is 0 Å². The Morgan fingerprint density at radius 2 is 2.04 bits per heavy atom. The summed E-state index contributed by atoms with van der Waals surface area (Å²) in [4.78, 5) is 11.6. The summed E-state index contributed by atoms with van der Waals surface area (Å²) in [6.45, 7) is 3.57. The van der Waals surface area contributed by atoms with E-state index in [1.807, 2.05) is 0 Å². The van der Waals surface area contributed by atoms with Crippen LogP contribution in [-0.2, 0) is 16.6 Å². The predicted molar refractivity (Wildman–Crippen MR) is 92.3 cm³/mol. The lowest BCUT2D eigenvalue weighted by Crippen LogP contribution is -2.48. The van der Waals surface area contributed by atoms with Gasteiger partial charge in [0.2, 0.25) is 10.0 Å². The van der Waals surface area contributed by atoms with Gasteiger partial charge in [-0.05, 0) is 26.7 Å². The van der Waals surface area contributed by atoms with E-state index in [1.54, 1.807) is 13.8 Å². The van der Waals surface area contributed by atoms with Crippen molar-refractivity contribution >= 4 is 15.9 Å². The second-order valence-electron chi connectivity index (χ2n) is 6.66. The quantitative estimate of drug-likeness (QED) is 0.683. The molecule has 1 aliphatic heterocycles. The van der Waals surface area contributed by atoms with Gasteiger partial charge in [-0.25, -0.2) is 13.1 Å². The van der Waals surface area contributed by atoms with Gasteiger partial charge < -0.3 is 14.9 Å². The van der Waals surface area contributed by atoms with Gasteiger partial charge in [-0.2, -0.15) is 4.31 Å². The predicted octanol–water partition coefficient (Wildman–Crippen LogP) is -0.542. The fraction of sp³-hybridized carbons (Fsp3) is 0.600. The Kier molecular flexibility index (Phi) is 5.06. The molecule has 2 N–H and O–H groups in total. The molecule has 11 nitrogen and oxygen atoms in total. The van der Waals surface area contributed by atoms with Crippen LogP contribution in [0.25, 0.3) is 0 Å². The number of aliphatic hydroxyl groups is 1. The minimum atomic E-state index is -3.74. The molecule has 1 amide bonds. The van der Waals surface area contributed by atoms with Crippen molar-refractivity contribution in [2.75, 3.05) is 20.1 Å². The maximum atomic E-state index is 12.8. The first-order valence-electron chi connectivity index (χ1n) is 8.44. The Morgan fingerprint density at radius 3 is 2.59 bits per heavy atom. The molecule has 0 radical (unpaired) electrons. The molecule has 1 saturated heterocycles. The first-order chi connectivity index (χ1) is 12.7. The highest BCUT2D eigenvalue weighted by atomic mass is 32.2. The van der Waals surface area contributed by atoms with Gasteiger partial charge in [0.25, 0.3) is 5.91 Å². The maximum Gasteiger partial charge on any atom is 0.273 e. The van der Waals surface area contributed by atoms with Crippen LogP contribution in [0.15, 0.2) is 15.6 Å². The summed E-state index contributed by atoms with van der Waals surface area (Å²) in [5, 5.41) is 24.6. The van der Waals surface area contributed by atoms with E-state index >= 15 is 0 Å². The SMILES string of the molecule is CNC(=O)c1cn(CC2(O)CCN(S(=O)(=O)c3c(C)noc3C)CC2)nn1. The van der Waals surface area contributed by atoms with E-state index < -0.39 is 15.6 Å². The van der Waals surface area contributed by atoms with E-state index in [2.05, 4.69) is 20.8 Å². The third kappa shape index (κ3) is 3.73. The van der Waals surface area contributed by atoms with Crippen LogP contribution in [0.4, 0.5) is 0 Å². The van der Waals surface area contributed by atoms with E-state index in [4.69, 9.17) is 4.52 Å². The Labute approximate surface area is 156 Å². The number of aryl methyl sites for hydroxylation is 2. The van der Waals surface area contributed by atoms with Crippen LogP contribution in [-0.4, -0.2) is 69.6 Å². The molecule has 27 heavy (non-hydrogen) atoms. The monoisotopic (exact) mass is 398 g/mol. The van der Waals surface area contributed by atoms with E-state index in [0.717, 1.165) is 0 Å². The molecule has 2 aromatic rings. The number of hydrogen-bond acceptors (Lipinski definition) is 8. The van der Waals surface area contributed by atoms with Crippen LogP contribution in [0.3, 0.4) is 0 Å². The Hall–Kier alpha value is -2.31. The number of nitrogens with one attached hydrogen (secondary N) is 1. The largest absolute Gasteiger partial charge is 0.388 e. The van der Waals surface area contributed by atoms with Crippen molar-refractivity contribution in [3.05, 3.63) is 23.3 Å². The first kappa shape index (κ1) is 19.5. The van der Waals surface area contributed by atoms with Crippen LogP contribution in [0, 0.1) is 13.8 Å². The highest BCUT2D eigenvalue weighted by Crippen LogP contribution is 2.30. The first-order valence-corrected chi connectivity index (χ1v) is 9.88. The molecule has 12 heteroatoms. The second kappa shape index (κ2) is 7.02. The zero-order valence-electron chi connectivity index (χ0n) is 15.3. The minimum absolute atomic E-state index is 0.0828. The van der Waals surface area contributed by atoms with Crippen molar-refractivity contribution < 1.29 is 22.8 Å². The molecule has 0 saturated carbocycles. The molecule has 1 fully saturated rings. The number of rotatable bonds is 5. The number of amides is 1. The smallest absolute Gasteiger partial charge is 0.273 e. The van der Waals surface area contributed by atoms with Crippen molar-refractivity contribution in [3.8, 4) is 0 Å². The van der Waals surface area contributed by atoms with E-state index in [1.165, 1.54) is 22.2 Å². The lowest BCUT2D eigenvalue weighted by molar-refractivity contribution is -0.0224. The van der Waals surface area contributed by atoms with Crippen molar-refractivity contribution in [1.82, 2.24) is 29.8 Å². The lowest BCUT2D eigenvalue weighted by atomic mass is 9.92. The number of hydrogen-bond donors (Lipinski definition) is 2. The maximum absolute atomic E-state index is 12.8. The molecule has 148 valence electrons. The average Bonchev–Trinajstić information content (AvgIpc) is 3.20.